The summed E-state index contributed by atoms with van der Waals surface area (Å²) in [6, 6.07) is 15.3. The molecular formula is C19H21FN4. The zero-order valence-corrected chi connectivity index (χ0v) is 13.7. The minimum Gasteiger partial charge on any atom is -0.369 e. The normalized spacial score (nSPS) is 11.1. The number of hydrogen-bond acceptors (Lipinski definition) is 4. The van der Waals surface area contributed by atoms with E-state index >= 15 is 0 Å². The molecule has 0 unspecified atom stereocenters. The van der Waals surface area contributed by atoms with Gasteiger partial charge < -0.3 is 10.2 Å². The Hall–Kier alpha value is -2.53. The highest BCUT2D eigenvalue weighted by Crippen LogP contribution is 2.22. The van der Waals surface area contributed by atoms with Gasteiger partial charge in [0.25, 0.3) is 0 Å². The molecule has 4 nitrogen and oxygen atoms in total. The number of hydrogen-bond donors (Lipinski definition) is 1. The van der Waals surface area contributed by atoms with Crippen molar-refractivity contribution < 1.29 is 4.39 Å². The molecule has 3 rings (SSSR count). The van der Waals surface area contributed by atoms with Gasteiger partial charge in [-0.1, -0.05) is 36.4 Å². The fourth-order valence-electron chi connectivity index (χ4n) is 2.73. The van der Waals surface area contributed by atoms with Gasteiger partial charge in [-0.15, -0.1) is 0 Å². The molecule has 5 heteroatoms. The molecular weight excluding hydrogens is 303 g/mol. The molecule has 0 amide bonds. The number of benzene rings is 2. The lowest BCUT2D eigenvalue weighted by molar-refractivity contribution is 0.325. The lowest BCUT2D eigenvalue weighted by Crippen LogP contribution is -2.21. The molecule has 2 aromatic carbocycles. The molecule has 0 bridgehead atoms. The first kappa shape index (κ1) is 16.3. The lowest BCUT2D eigenvalue weighted by atomic mass is 10.2. The average molecular weight is 324 g/mol. The maximum Gasteiger partial charge on any atom is 0.140 e. The van der Waals surface area contributed by atoms with Crippen LogP contribution in [0.25, 0.3) is 10.9 Å². The second-order valence-electron chi connectivity index (χ2n) is 5.86. The summed E-state index contributed by atoms with van der Waals surface area (Å²) in [4.78, 5) is 10.6. The van der Waals surface area contributed by atoms with Crippen molar-refractivity contribution in [3.8, 4) is 0 Å². The van der Waals surface area contributed by atoms with Gasteiger partial charge in [0, 0.05) is 13.1 Å². The number of nitrogens with one attached hydrogen (secondary N) is 1. The molecule has 24 heavy (non-hydrogen) atoms. The van der Waals surface area contributed by atoms with Crippen LogP contribution in [0.3, 0.4) is 0 Å². The summed E-state index contributed by atoms with van der Waals surface area (Å²) in [6.07, 6.45) is 2.41. The lowest BCUT2D eigenvalue weighted by Gasteiger charge is -2.17. The summed E-state index contributed by atoms with van der Waals surface area (Å²) in [5.74, 6) is 0.264. The van der Waals surface area contributed by atoms with Crippen molar-refractivity contribution in [1.29, 1.82) is 0 Å². The highest BCUT2D eigenvalue weighted by Gasteiger charge is 2.08. The van der Waals surface area contributed by atoms with Gasteiger partial charge in [0.2, 0.25) is 0 Å². The summed E-state index contributed by atoms with van der Waals surface area (Å²) >= 11 is 0. The van der Waals surface area contributed by atoms with Crippen molar-refractivity contribution in [2.75, 3.05) is 25.5 Å². The van der Waals surface area contributed by atoms with E-state index in [2.05, 4.69) is 51.5 Å². The zero-order chi connectivity index (χ0) is 16.8. The number of rotatable bonds is 7. The van der Waals surface area contributed by atoms with Crippen LogP contribution in [0.2, 0.25) is 0 Å². The number of aromatic nitrogens is 2. The standard InChI is InChI=1S/C19H21FN4/c1-24(13-15-7-3-2-4-8-15)12-6-11-21-19-18-16(20)9-5-10-17(18)22-14-23-19/h2-5,7-10,14H,6,11-13H2,1H3,(H,21,22,23). The first-order chi connectivity index (χ1) is 11.7. The summed E-state index contributed by atoms with van der Waals surface area (Å²) < 4.78 is 14.0. The fraction of sp³-hybridized carbons (Fsp3) is 0.263. The van der Waals surface area contributed by atoms with Gasteiger partial charge in [-0.3, -0.25) is 0 Å². The van der Waals surface area contributed by atoms with Crippen LogP contribution in [0.15, 0.2) is 54.9 Å². The molecule has 3 aromatic rings. The Balaban J connectivity index is 1.52. The molecule has 0 saturated carbocycles. The van der Waals surface area contributed by atoms with Crippen LogP contribution in [0.4, 0.5) is 10.2 Å². The third-order valence-electron chi connectivity index (χ3n) is 3.92. The van der Waals surface area contributed by atoms with E-state index in [1.165, 1.54) is 18.0 Å². The predicted molar refractivity (Wildman–Crippen MR) is 95.4 cm³/mol. The largest absolute Gasteiger partial charge is 0.369 e. The highest BCUT2D eigenvalue weighted by molar-refractivity contribution is 5.89. The third kappa shape index (κ3) is 4.06. The molecule has 124 valence electrons. The molecule has 0 aliphatic carbocycles. The Morgan fingerprint density at radius 2 is 1.88 bits per heavy atom. The zero-order valence-electron chi connectivity index (χ0n) is 13.7. The monoisotopic (exact) mass is 324 g/mol. The topological polar surface area (TPSA) is 41.0 Å². The third-order valence-corrected chi connectivity index (χ3v) is 3.92. The Labute approximate surface area is 141 Å². The molecule has 1 aromatic heterocycles. The summed E-state index contributed by atoms with van der Waals surface area (Å²) in [5.41, 5.74) is 1.92. The molecule has 0 spiro atoms. The van der Waals surface area contributed by atoms with Crippen molar-refractivity contribution in [2.45, 2.75) is 13.0 Å². The van der Waals surface area contributed by atoms with Gasteiger partial charge in [-0.2, -0.15) is 0 Å². The van der Waals surface area contributed by atoms with Crippen LogP contribution in [-0.4, -0.2) is 35.0 Å². The fourth-order valence-corrected chi connectivity index (χ4v) is 2.73. The Morgan fingerprint density at radius 3 is 2.71 bits per heavy atom. The van der Waals surface area contributed by atoms with Gasteiger partial charge >= 0.3 is 0 Å². The maximum absolute atomic E-state index is 14.0. The smallest absolute Gasteiger partial charge is 0.140 e. The van der Waals surface area contributed by atoms with E-state index in [1.54, 1.807) is 12.1 Å². The Bertz CT molecular complexity index is 786. The first-order valence-corrected chi connectivity index (χ1v) is 8.09. The van der Waals surface area contributed by atoms with E-state index in [-0.39, 0.29) is 5.82 Å². The van der Waals surface area contributed by atoms with Crippen molar-refractivity contribution in [1.82, 2.24) is 14.9 Å². The summed E-state index contributed by atoms with van der Waals surface area (Å²) in [7, 11) is 2.10. The molecule has 0 fully saturated rings. The van der Waals surface area contributed by atoms with Crippen molar-refractivity contribution in [3.05, 3.63) is 66.2 Å². The van der Waals surface area contributed by atoms with Crippen LogP contribution >= 0.6 is 0 Å². The van der Waals surface area contributed by atoms with E-state index in [0.29, 0.717) is 16.7 Å². The van der Waals surface area contributed by atoms with Crippen LogP contribution in [0, 0.1) is 5.82 Å². The molecule has 1 N–H and O–H groups in total. The van der Waals surface area contributed by atoms with Gasteiger partial charge in [-0.05, 0) is 37.7 Å². The molecule has 0 radical (unpaired) electrons. The van der Waals surface area contributed by atoms with E-state index in [4.69, 9.17) is 0 Å². The van der Waals surface area contributed by atoms with Crippen LogP contribution in [0.1, 0.15) is 12.0 Å². The van der Waals surface area contributed by atoms with Gasteiger partial charge in [0.1, 0.15) is 18.0 Å². The van der Waals surface area contributed by atoms with E-state index in [0.717, 1.165) is 26.1 Å². The van der Waals surface area contributed by atoms with E-state index in [1.807, 2.05) is 6.07 Å². The molecule has 0 aliphatic rings. The summed E-state index contributed by atoms with van der Waals surface area (Å²) in [5, 5.41) is 3.69. The number of fused-ring (bicyclic) bond motifs is 1. The second kappa shape index (κ2) is 7.84. The second-order valence-corrected chi connectivity index (χ2v) is 5.86. The van der Waals surface area contributed by atoms with Gasteiger partial charge in [0.15, 0.2) is 0 Å². The Morgan fingerprint density at radius 1 is 1.04 bits per heavy atom. The van der Waals surface area contributed by atoms with Crippen LogP contribution in [0.5, 0.6) is 0 Å². The highest BCUT2D eigenvalue weighted by atomic mass is 19.1. The van der Waals surface area contributed by atoms with Crippen molar-refractivity contribution in [3.63, 3.8) is 0 Å². The van der Waals surface area contributed by atoms with Crippen molar-refractivity contribution >= 4 is 16.7 Å². The average Bonchev–Trinajstić information content (AvgIpc) is 2.60. The van der Waals surface area contributed by atoms with E-state index in [9.17, 15) is 4.39 Å². The van der Waals surface area contributed by atoms with E-state index < -0.39 is 0 Å². The van der Waals surface area contributed by atoms with Gasteiger partial charge in [-0.25, -0.2) is 14.4 Å². The summed E-state index contributed by atoms with van der Waals surface area (Å²) in [6.45, 7) is 2.61. The molecule has 0 aliphatic heterocycles. The quantitative estimate of drug-likeness (QED) is 0.673. The predicted octanol–water partition coefficient (Wildman–Crippen LogP) is 3.70. The number of halogens is 1. The van der Waals surface area contributed by atoms with Crippen molar-refractivity contribution in [2.24, 2.45) is 0 Å². The Kier molecular flexibility index (Phi) is 5.33. The molecule has 0 atom stereocenters. The van der Waals surface area contributed by atoms with Crippen LogP contribution < -0.4 is 5.32 Å². The number of anilines is 1. The SMILES string of the molecule is CN(CCCNc1ncnc2cccc(F)c12)Cc1ccccc1. The minimum absolute atomic E-state index is 0.295. The minimum atomic E-state index is -0.295. The molecule has 0 saturated heterocycles. The number of nitrogens with zero attached hydrogens (tertiary/aromatic N) is 3. The maximum atomic E-state index is 14.0. The van der Waals surface area contributed by atoms with Crippen LogP contribution in [-0.2, 0) is 6.54 Å². The van der Waals surface area contributed by atoms with Gasteiger partial charge in [0.05, 0.1) is 10.9 Å². The first-order valence-electron chi connectivity index (χ1n) is 8.09. The molecule has 1 heterocycles.